The third kappa shape index (κ3) is 5.39. The Balaban J connectivity index is 2.48. The highest BCUT2D eigenvalue weighted by molar-refractivity contribution is 8.00. The van der Waals surface area contributed by atoms with Crippen molar-refractivity contribution in [2.24, 2.45) is 0 Å². The van der Waals surface area contributed by atoms with Gasteiger partial charge in [0.05, 0.1) is 24.0 Å². The molecule has 0 unspecified atom stereocenters. The minimum absolute atomic E-state index is 0.0914. The number of hydrogen-bond acceptors (Lipinski definition) is 6. The largest absolute Gasteiger partial charge is 0.507 e. The number of benzene rings is 1. The van der Waals surface area contributed by atoms with Gasteiger partial charge in [-0.25, -0.2) is 4.98 Å². The van der Waals surface area contributed by atoms with E-state index in [1.165, 1.54) is 7.11 Å². The SMILES string of the molecule is COC(=O)Cc1nc(C(C)(C)Sc2cc(C(C)(C)C)c(O)c(C(C)(C)C)c2)oc1C. The maximum absolute atomic E-state index is 11.6. The van der Waals surface area contributed by atoms with Gasteiger partial charge in [-0.15, -0.1) is 11.8 Å². The van der Waals surface area contributed by atoms with Gasteiger partial charge in [-0.05, 0) is 43.7 Å². The lowest BCUT2D eigenvalue weighted by atomic mass is 9.79. The normalized spacial score (nSPS) is 12.9. The average molecular weight is 434 g/mol. The first-order valence-electron chi connectivity index (χ1n) is 10.2. The van der Waals surface area contributed by atoms with Gasteiger partial charge in [-0.3, -0.25) is 4.79 Å². The van der Waals surface area contributed by atoms with E-state index in [-0.39, 0.29) is 23.2 Å². The predicted octanol–water partition coefficient (Wildman–Crippen LogP) is 6.03. The van der Waals surface area contributed by atoms with Gasteiger partial charge in [0.1, 0.15) is 11.5 Å². The van der Waals surface area contributed by atoms with Crippen LogP contribution in [-0.2, 0) is 31.5 Å². The summed E-state index contributed by atoms with van der Waals surface area (Å²) in [6.07, 6.45) is 0.0914. The van der Waals surface area contributed by atoms with Gasteiger partial charge in [-0.1, -0.05) is 41.5 Å². The van der Waals surface area contributed by atoms with E-state index in [4.69, 9.17) is 9.15 Å². The molecule has 166 valence electrons. The van der Waals surface area contributed by atoms with Gasteiger partial charge in [-0.2, -0.15) is 0 Å². The van der Waals surface area contributed by atoms with Crippen molar-refractivity contribution in [3.05, 3.63) is 40.6 Å². The lowest BCUT2D eigenvalue weighted by Gasteiger charge is -2.29. The van der Waals surface area contributed by atoms with Crippen molar-refractivity contribution in [3.63, 3.8) is 0 Å². The number of oxazole rings is 1. The highest BCUT2D eigenvalue weighted by Gasteiger charge is 2.32. The zero-order chi connectivity index (χ0) is 23.1. The summed E-state index contributed by atoms with van der Waals surface area (Å²) in [5.74, 6) is 1.21. The van der Waals surface area contributed by atoms with Crippen LogP contribution in [0.2, 0.25) is 0 Å². The van der Waals surface area contributed by atoms with Crippen LogP contribution in [0.15, 0.2) is 21.4 Å². The van der Waals surface area contributed by atoms with Crippen molar-refractivity contribution in [1.82, 2.24) is 4.98 Å². The zero-order valence-corrected chi connectivity index (χ0v) is 20.7. The molecule has 6 heteroatoms. The van der Waals surface area contributed by atoms with E-state index in [0.29, 0.717) is 23.1 Å². The fourth-order valence-corrected chi connectivity index (χ4v) is 4.32. The Morgan fingerprint density at radius 2 is 1.57 bits per heavy atom. The van der Waals surface area contributed by atoms with E-state index in [1.54, 1.807) is 11.8 Å². The van der Waals surface area contributed by atoms with Crippen LogP contribution in [0.4, 0.5) is 0 Å². The Labute approximate surface area is 184 Å². The molecule has 0 radical (unpaired) electrons. The minimum Gasteiger partial charge on any atom is -0.507 e. The van der Waals surface area contributed by atoms with Crippen LogP contribution >= 0.6 is 11.8 Å². The summed E-state index contributed by atoms with van der Waals surface area (Å²) in [7, 11) is 1.36. The number of hydrogen-bond donors (Lipinski definition) is 1. The molecular formula is C24H35NO4S. The number of thioether (sulfide) groups is 1. The molecular weight excluding hydrogens is 398 g/mol. The number of carbonyl (C=O) groups is 1. The Hall–Kier alpha value is -1.95. The number of aromatic hydroxyl groups is 1. The van der Waals surface area contributed by atoms with E-state index < -0.39 is 4.75 Å². The van der Waals surface area contributed by atoms with Crippen LogP contribution in [0.25, 0.3) is 0 Å². The smallest absolute Gasteiger partial charge is 0.311 e. The number of aryl methyl sites for hydroxylation is 1. The van der Waals surface area contributed by atoms with E-state index in [2.05, 4.69) is 58.7 Å². The van der Waals surface area contributed by atoms with Crippen LogP contribution in [0, 0.1) is 6.92 Å². The van der Waals surface area contributed by atoms with Crippen LogP contribution in [0.5, 0.6) is 5.75 Å². The third-order valence-electron chi connectivity index (χ3n) is 5.02. The summed E-state index contributed by atoms with van der Waals surface area (Å²) in [6, 6.07) is 4.12. The Morgan fingerprint density at radius 1 is 1.07 bits per heavy atom. The van der Waals surface area contributed by atoms with Crippen molar-refractivity contribution in [2.75, 3.05) is 7.11 Å². The van der Waals surface area contributed by atoms with Crippen molar-refractivity contribution < 1.29 is 19.1 Å². The molecule has 1 heterocycles. The van der Waals surface area contributed by atoms with Gasteiger partial charge in [0.2, 0.25) is 5.89 Å². The lowest BCUT2D eigenvalue weighted by Crippen LogP contribution is -2.18. The molecule has 0 aliphatic carbocycles. The predicted molar refractivity (Wildman–Crippen MR) is 121 cm³/mol. The topological polar surface area (TPSA) is 72.6 Å². The molecule has 0 aliphatic heterocycles. The molecule has 1 aromatic carbocycles. The van der Waals surface area contributed by atoms with Crippen molar-refractivity contribution in [2.45, 2.75) is 89.2 Å². The summed E-state index contributed by atoms with van der Waals surface area (Å²) in [5, 5.41) is 11.0. The lowest BCUT2D eigenvalue weighted by molar-refractivity contribution is -0.139. The molecule has 2 rings (SSSR count). The molecule has 0 spiro atoms. The fraction of sp³-hybridized carbons (Fsp3) is 0.583. The van der Waals surface area contributed by atoms with Crippen LogP contribution in [0.3, 0.4) is 0 Å². The number of phenols is 1. The number of ether oxygens (including phenoxy) is 1. The minimum atomic E-state index is -0.472. The highest BCUT2D eigenvalue weighted by atomic mass is 32.2. The summed E-state index contributed by atoms with van der Waals surface area (Å²) in [4.78, 5) is 17.3. The number of rotatable bonds is 5. The second-order valence-corrected chi connectivity index (χ2v) is 12.0. The summed E-state index contributed by atoms with van der Waals surface area (Å²) >= 11 is 1.63. The summed E-state index contributed by atoms with van der Waals surface area (Å²) < 4.78 is 10.2. The molecule has 0 fully saturated rings. The van der Waals surface area contributed by atoms with E-state index in [9.17, 15) is 9.90 Å². The molecule has 0 bridgehead atoms. The molecule has 0 saturated heterocycles. The molecule has 0 amide bonds. The van der Waals surface area contributed by atoms with Gasteiger partial charge in [0.25, 0.3) is 0 Å². The quantitative estimate of drug-likeness (QED) is 0.459. The van der Waals surface area contributed by atoms with Crippen molar-refractivity contribution >= 4 is 17.7 Å². The standard InChI is InChI=1S/C24H35NO4S/c1-14-18(13-19(26)28-10)25-21(29-14)24(8,9)30-15-11-16(22(2,3)4)20(27)17(12-15)23(5,6)7/h11-12,27H,13H2,1-10H3. The maximum Gasteiger partial charge on any atom is 0.311 e. The molecule has 0 aliphatic rings. The molecule has 1 aromatic heterocycles. The van der Waals surface area contributed by atoms with Crippen LogP contribution in [0.1, 0.15) is 83.9 Å². The average Bonchev–Trinajstić information content (AvgIpc) is 2.95. The molecule has 0 saturated carbocycles. The van der Waals surface area contributed by atoms with E-state index >= 15 is 0 Å². The van der Waals surface area contributed by atoms with E-state index in [1.807, 2.05) is 20.8 Å². The number of carbonyl (C=O) groups excluding carboxylic acids is 1. The Morgan fingerprint density at radius 3 is 2.00 bits per heavy atom. The Bertz CT molecular complexity index is 895. The van der Waals surface area contributed by atoms with E-state index in [0.717, 1.165) is 16.0 Å². The number of esters is 1. The van der Waals surface area contributed by atoms with Gasteiger partial charge < -0.3 is 14.3 Å². The van der Waals surface area contributed by atoms with Crippen LogP contribution < -0.4 is 0 Å². The molecule has 5 nitrogen and oxygen atoms in total. The molecule has 2 aromatic rings. The number of nitrogens with zero attached hydrogens (tertiary/aromatic N) is 1. The number of aromatic nitrogens is 1. The first-order chi connectivity index (χ1) is 13.6. The zero-order valence-electron chi connectivity index (χ0n) is 19.9. The van der Waals surface area contributed by atoms with Gasteiger partial charge in [0, 0.05) is 16.0 Å². The monoisotopic (exact) mass is 433 g/mol. The highest BCUT2D eigenvalue weighted by Crippen LogP contribution is 2.46. The molecule has 1 N–H and O–H groups in total. The number of phenolic OH excluding ortho intramolecular Hbond substituents is 1. The first-order valence-corrected chi connectivity index (χ1v) is 11.0. The molecule has 30 heavy (non-hydrogen) atoms. The van der Waals surface area contributed by atoms with Crippen LogP contribution in [-0.4, -0.2) is 23.2 Å². The number of methoxy groups -OCH3 is 1. The van der Waals surface area contributed by atoms with Gasteiger partial charge in [0.15, 0.2) is 0 Å². The van der Waals surface area contributed by atoms with Crippen molar-refractivity contribution in [1.29, 1.82) is 0 Å². The second-order valence-electron chi connectivity index (χ2n) is 10.3. The first kappa shape index (κ1) is 24.3. The van der Waals surface area contributed by atoms with Gasteiger partial charge >= 0.3 is 5.97 Å². The second kappa shape index (κ2) is 8.29. The Kier molecular flexibility index (Phi) is 6.72. The summed E-state index contributed by atoms with van der Waals surface area (Å²) in [6.45, 7) is 18.5. The fourth-order valence-electron chi connectivity index (χ4n) is 3.21. The third-order valence-corrected chi connectivity index (χ3v) is 6.18. The maximum atomic E-state index is 11.6. The van der Waals surface area contributed by atoms with Crippen molar-refractivity contribution in [3.8, 4) is 5.75 Å². The summed E-state index contributed by atoms with van der Waals surface area (Å²) in [5.41, 5.74) is 2.05. The molecule has 0 atom stereocenters.